The van der Waals surface area contributed by atoms with Crippen LogP contribution in [0.5, 0.6) is 0 Å². The Kier molecular flexibility index (Phi) is 3.55. The second-order valence-corrected chi connectivity index (χ2v) is 9.81. The summed E-state index contributed by atoms with van der Waals surface area (Å²) in [5.41, 5.74) is 0. The van der Waals surface area contributed by atoms with Gasteiger partial charge in [-0.2, -0.15) is 0 Å². The van der Waals surface area contributed by atoms with Crippen LogP contribution in [0.1, 0.15) is 6.42 Å². The Bertz CT molecular complexity index is 399. The average Bonchev–Trinajstić information content (AvgIpc) is 2.60. The number of rotatable bonds is 0. The summed E-state index contributed by atoms with van der Waals surface area (Å²) in [6, 6.07) is 0. The molecule has 4 aliphatic rings. The first-order chi connectivity index (χ1) is 8.11. The first kappa shape index (κ1) is 15.2. The Morgan fingerprint density at radius 3 is 1.89 bits per heavy atom. The highest BCUT2D eigenvalue weighted by atomic mass is 35.5. The first-order valence-corrected chi connectivity index (χ1v) is 8.69. The summed E-state index contributed by atoms with van der Waals surface area (Å²) in [6.07, 6.45) is 0.644. The highest BCUT2D eigenvalue weighted by Crippen LogP contribution is 2.78. The van der Waals surface area contributed by atoms with E-state index in [1.54, 1.807) is 0 Å². The van der Waals surface area contributed by atoms with Gasteiger partial charge in [0.15, 0.2) is 4.33 Å². The molecule has 2 bridgehead atoms. The lowest BCUT2D eigenvalue weighted by molar-refractivity contribution is 0.0582. The Morgan fingerprint density at radius 1 is 0.833 bits per heavy atom. The van der Waals surface area contributed by atoms with E-state index in [-0.39, 0.29) is 22.6 Å². The molecule has 0 aromatic carbocycles. The maximum absolute atomic E-state index is 6.61. The molecule has 0 saturated heterocycles. The third kappa shape index (κ3) is 1.33. The Morgan fingerprint density at radius 2 is 1.39 bits per heavy atom. The highest BCUT2D eigenvalue weighted by molar-refractivity contribution is 6.65. The maximum Gasteiger partial charge on any atom is 0.161 e. The molecule has 8 atom stereocenters. The molecule has 0 radical (unpaired) electrons. The van der Waals surface area contributed by atoms with Crippen molar-refractivity contribution in [2.75, 3.05) is 0 Å². The van der Waals surface area contributed by atoms with E-state index in [4.69, 9.17) is 92.8 Å². The van der Waals surface area contributed by atoms with Crippen LogP contribution in [-0.4, -0.2) is 35.6 Å². The lowest BCUT2D eigenvalue weighted by Gasteiger charge is -2.72. The Labute approximate surface area is 145 Å². The smallest absolute Gasteiger partial charge is 0.121 e. The van der Waals surface area contributed by atoms with Crippen LogP contribution < -0.4 is 0 Å². The minimum Gasteiger partial charge on any atom is -0.121 e. The molecular formula is C10H8Cl8. The summed E-state index contributed by atoms with van der Waals surface area (Å²) < 4.78 is -1.42. The van der Waals surface area contributed by atoms with Crippen LogP contribution in [0.15, 0.2) is 0 Å². The van der Waals surface area contributed by atoms with E-state index in [0.29, 0.717) is 6.42 Å². The van der Waals surface area contributed by atoms with E-state index in [0.717, 1.165) is 0 Å². The van der Waals surface area contributed by atoms with E-state index >= 15 is 0 Å². The van der Waals surface area contributed by atoms with E-state index in [1.165, 1.54) is 0 Å². The topological polar surface area (TPSA) is 0 Å². The van der Waals surface area contributed by atoms with Gasteiger partial charge < -0.3 is 0 Å². The summed E-state index contributed by atoms with van der Waals surface area (Å²) in [5.74, 6) is -0.267. The normalized spacial score (nSPS) is 65.3. The zero-order valence-corrected chi connectivity index (χ0v) is 14.7. The minimum atomic E-state index is -1.42. The van der Waals surface area contributed by atoms with E-state index in [1.807, 2.05) is 0 Å². The average molecular weight is 412 g/mol. The fraction of sp³-hybridized carbons (Fsp3) is 1.00. The van der Waals surface area contributed by atoms with Crippen molar-refractivity contribution in [3.63, 3.8) is 0 Å². The van der Waals surface area contributed by atoms with Gasteiger partial charge in [0.2, 0.25) is 0 Å². The molecule has 0 heterocycles. The number of hydrogen-bond donors (Lipinski definition) is 0. The monoisotopic (exact) mass is 408 g/mol. The maximum atomic E-state index is 6.61. The van der Waals surface area contributed by atoms with Crippen LogP contribution in [0.4, 0.5) is 0 Å². The predicted octanol–water partition coefficient (Wildman–Crippen LogP) is 5.21. The molecule has 4 saturated carbocycles. The van der Waals surface area contributed by atoms with Crippen molar-refractivity contribution in [2.24, 2.45) is 11.8 Å². The molecule has 0 aromatic heterocycles. The van der Waals surface area contributed by atoms with Crippen LogP contribution in [0.3, 0.4) is 0 Å². The zero-order valence-electron chi connectivity index (χ0n) is 8.69. The SMILES string of the molecule is ClC1CC2C(Cl)C3(Cl)C(Cl)C(Cl)(C2C1Cl)C3(Cl)Cl. The first-order valence-electron chi connectivity index (χ1n) is 5.43. The standard InChI is InChI=1S/C10H8Cl8/c11-3-1-2-4(5(3)12)8(15)7(14)9(16,6(2)13)10(8,17)18/h2-7H,1H2. The summed E-state index contributed by atoms with van der Waals surface area (Å²) in [7, 11) is 0. The van der Waals surface area contributed by atoms with Crippen molar-refractivity contribution in [3.05, 3.63) is 0 Å². The molecule has 4 fully saturated rings. The molecule has 8 heteroatoms. The van der Waals surface area contributed by atoms with Crippen molar-refractivity contribution >= 4 is 92.8 Å². The van der Waals surface area contributed by atoms with Gasteiger partial charge in [-0.3, -0.25) is 0 Å². The minimum absolute atomic E-state index is 0.0210. The van der Waals surface area contributed by atoms with Gasteiger partial charge in [0, 0.05) is 5.92 Å². The summed E-state index contributed by atoms with van der Waals surface area (Å²) >= 11 is 51.2. The van der Waals surface area contributed by atoms with Gasteiger partial charge in [0.05, 0.1) is 21.5 Å². The van der Waals surface area contributed by atoms with Crippen LogP contribution in [0, 0.1) is 11.8 Å². The van der Waals surface area contributed by atoms with Gasteiger partial charge >= 0.3 is 0 Å². The summed E-state index contributed by atoms with van der Waals surface area (Å²) in [5, 5.41) is -1.75. The third-order valence-electron chi connectivity index (χ3n) is 4.61. The molecule has 8 unspecified atom stereocenters. The molecule has 18 heavy (non-hydrogen) atoms. The van der Waals surface area contributed by atoms with Gasteiger partial charge in [0.25, 0.3) is 0 Å². The molecule has 4 rings (SSSR count). The number of halogens is 8. The molecule has 0 N–H and O–H groups in total. The van der Waals surface area contributed by atoms with Gasteiger partial charge in [-0.25, -0.2) is 0 Å². The Balaban J connectivity index is 2.14. The predicted molar refractivity (Wildman–Crippen MR) is 81.8 cm³/mol. The molecule has 0 nitrogen and oxygen atoms in total. The van der Waals surface area contributed by atoms with Gasteiger partial charge in [-0.15, -0.1) is 69.6 Å². The van der Waals surface area contributed by atoms with Gasteiger partial charge in [-0.1, -0.05) is 23.2 Å². The zero-order chi connectivity index (χ0) is 13.7. The van der Waals surface area contributed by atoms with Crippen LogP contribution in [-0.2, 0) is 0 Å². The van der Waals surface area contributed by atoms with Crippen LogP contribution >= 0.6 is 92.8 Å². The molecule has 104 valence electrons. The van der Waals surface area contributed by atoms with Crippen molar-refractivity contribution < 1.29 is 0 Å². The Hall–Kier alpha value is 2.32. The lowest BCUT2D eigenvalue weighted by Crippen LogP contribution is -2.88. The van der Waals surface area contributed by atoms with Crippen molar-refractivity contribution in [1.29, 1.82) is 0 Å². The number of hydrogen-bond acceptors (Lipinski definition) is 0. The second-order valence-electron chi connectivity index (χ2n) is 5.26. The van der Waals surface area contributed by atoms with Crippen LogP contribution in [0.25, 0.3) is 0 Å². The fourth-order valence-electron chi connectivity index (χ4n) is 3.69. The highest BCUT2D eigenvalue weighted by Gasteiger charge is 2.89. The van der Waals surface area contributed by atoms with Crippen molar-refractivity contribution in [1.82, 2.24) is 0 Å². The van der Waals surface area contributed by atoms with Gasteiger partial charge in [-0.05, 0) is 12.3 Å². The largest absolute Gasteiger partial charge is 0.161 e. The molecular weight excluding hydrogens is 404 g/mol. The van der Waals surface area contributed by atoms with Gasteiger partial charge in [0.1, 0.15) is 9.75 Å². The van der Waals surface area contributed by atoms with Crippen molar-refractivity contribution in [3.8, 4) is 0 Å². The van der Waals surface area contributed by atoms with E-state index in [9.17, 15) is 0 Å². The number of alkyl halides is 8. The molecule has 0 spiro atoms. The van der Waals surface area contributed by atoms with E-state index < -0.39 is 24.8 Å². The molecule has 4 aliphatic carbocycles. The lowest BCUT2D eigenvalue weighted by atomic mass is 9.53. The molecule has 0 aromatic rings. The summed E-state index contributed by atoms with van der Waals surface area (Å²) in [6.45, 7) is 0. The van der Waals surface area contributed by atoms with Crippen molar-refractivity contribution in [2.45, 2.75) is 42.0 Å². The quantitative estimate of drug-likeness (QED) is 0.480. The second kappa shape index (κ2) is 4.19. The van der Waals surface area contributed by atoms with E-state index in [2.05, 4.69) is 0 Å². The third-order valence-corrected chi connectivity index (χ3v) is 10.6. The van der Waals surface area contributed by atoms with Crippen LogP contribution in [0.2, 0.25) is 0 Å². The summed E-state index contributed by atoms with van der Waals surface area (Å²) in [4.78, 5) is -2.24. The fourth-order valence-corrected chi connectivity index (χ4v) is 8.30. The molecule has 0 aliphatic heterocycles. The molecule has 0 amide bonds.